The quantitative estimate of drug-likeness (QED) is 0.175. The van der Waals surface area contributed by atoms with Gasteiger partial charge in [-0.05, 0) is 73.4 Å². The zero-order valence-electron chi connectivity index (χ0n) is 28.6. The van der Waals surface area contributed by atoms with E-state index in [1.54, 1.807) is 0 Å². The minimum Gasteiger partial charge on any atom is -0.309 e. The van der Waals surface area contributed by atoms with Crippen molar-refractivity contribution in [3.63, 3.8) is 0 Å². The lowest BCUT2D eigenvalue weighted by molar-refractivity contribution is 1.08. The first-order chi connectivity index (χ1) is 26.3. The smallest absolute Gasteiger partial charge is 0.164 e. The summed E-state index contributed by atoms with van der Waals surface area (Å²) in [5, 5.41) is 11.9. The summed E-state index contributed by atoms with van der Waals surface area (Å²) in [4.78, 5) is 15.6. The van der Waals surface area contributed by atoms with Crippen molar-refractivity contribution in [1.29, 1.82) is 0 Å². The van der Waals surface area contributed by atoms with Gasteiger partial charge in [0, 0.05) is 33.2 Å². The minimum atomic E-state index is 0.645. The lowest BCUT2D eigenvalue weighted by atomic mass is 9.93. The van der Waals surface area contributed by atoms with E-state index in [2.05, 4.69) is 168 Å². The summed E-state index contributed by atoms with van der Waals surface area (Å²) < 4.78 is 2.36. The Labute approximate surface area is 305 Å². The molecule has 2 heterocycles. The van der Waals surface area contributed by atoms with E-state index in [0.29, 0.717) is 17.5 Å². The van der Waals surface area contributed by atoms with Crippen LogP contribution >= 0.6 is 0 Å². The van der Waals surface area contributed by atoms with Gasteiger partial charge in [0.15, 0.2) is 17.5 Å². The summed E-state index contributed by atoms with van der Waals surface area (Å²) in [6, 6.07) is 64.5. The van der Waals surface area contributed by atoms with Crippen LogP contribution in [-0.2, 0) is 0 Å². The number of hydrogen-bond donors (Lipinski definition) is 0. The third-order valence-electron chi connectivity index (χ3n) is 10.6. The molecule has 11 rings (SSSR count). The molecule has 0 N–H and O–H groups in total. The number of benzene rings is 9. The first kappa shape index (κ1) is 29.5. The van der Waals surface area contributed by atoms with Crippen LogP contribution in [0, 0.1) is 0 Å². The molecule has 0 bridgehead atoms. The van der Waals surface area contributed by atoms with Crippen LogP contribution in [0.3, 0.4) is 0 Å². The monoisotopic (exact) mass is 674 g/mol. The van der Waals surface area contributed by atoms with Crippen LogP contribution in [0.5, 0.6) is 0 Å². The molecule has 2 aromatic heterocycles. The SMILES string of the molecule is c1ccc(-c2nc(-c3cccc4cc(-n5c6ccccc6c6ccccc65)ccc34)nc(-c3cc4ccc5ccccc5c4c4ccccc34)n2)cc1. The topological polar surface area (TPSA) is 43.6 Å². The molecule has 0 aliphatic heterocycles. The maximum absolute atomic E-state index is 5.30. The number of nitrogens with zero attached hydrogens (tertiary/aromatic N) is 4. The Hall–Kier alpha value is -7.17. The van der Waals surface area contributed by atoms with Gasteiger partial charge >= 0.3 is 0 Å². The minimum absolute atomic E-state index is 0.645. The average molecular weight is 675 g/mol. The van der Waals surface area contributed by atoms with Crippen molar-refractivity contribution in [3.05, 3.63) is 182 Å². The van der Waals surface area contributed by atoms with E-state index in [4.69, 9.17) is 15.0 Å². The Morgan fingerprint density at radius 3 is 1.68 bits per heavy atom. The van der Waals surface area contributed by atoms with Crippen LogP contribution in [0.25, 0.3) is 105 Å². The van der Waals surface area contributed by atoms with E-state index < -0.39 is 0 Å². The molecular weight excluding hydrogens is 645 g/mol. The van der Waals surface area contributed by atoms with Gasteiger partial charge in [0.25, 0.3) is 0 Å². The van der Waals surface area contributed by atoms with E-state index in [-0.39, 0.29) is 0 Å². The van der Waals surface area contributed by atoms with Crippen molar-refractivity contribution in [2.45, 2.75) is 0 Å². The van der Waals surface area contributed by atoms with Crippen LogP contribution in [0.1, 0.15) is 0 Å². The Morgan fingerprint density at radius 1 is 0.321 bits per heavy atom. The average Bonchev–Trinajstić information content (AvgIpc) is 3.57. The van der Waals surface area contributed by atoms with Crippen molar-refractivity contribution in [1.82, 2.24) is 19.5 Å². The van der Waals surface area contributed by atoms with Crippen LogP contribution in [-0.4, -0.2) is 19.5 Å². The Bertz CT molecular complexity index is 3180. The first-order valence-electron chi connectivity index (χ1n) is 18.0. The van der Waals surface area contributed by atoms with Crippen molar-refractivity contribution < 1.29 is 0 Å². The molecule has 9 aromatic carbocycles. The normalized spacial score (nSPS) is 11.8. The molecule has 4 nitrogen and oxygen atoms in total. The molecule has 0 amide bonds. The Kier molecular flexibility index (Phi) is 6.52. The molecule has 0 saturated heterocycles. The number of fused-ring (bicyclic) bond motifs is 9. The molecule has 0 saturated carbocycles. The second-order valence-corrected chi connectivity index (χ2v) is 13.6. The first-order valence-corrected chi connectivity index (χ1v) is 18.0. The highest BCUT2D eigenvalue weighted by Crippen LogP contribution is 2.39. The third kappa shape index (κ3) is 4.66. The second kappa shape index (κ2) is 11.7. The molecule has 11 aromatic rings. The Balaban J connectivity index is 1.14. The molecule has 246 valence electrons. The maximum Gasteiger partial charge on any atom is 0.164 e. The molecular formula is C49H30N4. The zero-order chi connectivity index (χ0) is 34.9. The fourth-order valence-corrected chi connectivity index (χ4v) is 8.20. The van der Waals surface area contributed by atoms with Gasteiger partial charge in [-0.25, -0.2) is 15.0 Å². The highest BCUT2D eigenvalue weighted by atomic mass is 15.0. The third-order valence-corrected chi connectivity index (χ3v) is 10.6. The van der Waals surface area contributed by atoms with E-state index in [0.717, 1.165) is 43.9 Å². The summed E-state index contributed by atoms with van der Waals surface area (Å²) in [6.07, 6.45) is 0. The summed E-state index contributed by atoms with van der Waals surface area (Å²) in [5.41, 5.74) is 6.39. The lowest BCUT2D eigenvalue weighted by Gasteiger charge is -2.15. The number of aromatic nitrogens is 4. The molecule has 0 aliphatic rings. The van der Waals surface area contributed by atoms with Crippen molar-refractivity contribution in [2.24, 2.45) is 0 Å². The number of para-hydroxylation sites is 2. The molecule has 0 unspecified atom stereocenters. The lowest BCUT2D eigenvalue weighted by Crippen LogP contribution is -2.01. The van der Waals surface area contributed by atoms with E-state index in [1.807, 2.05) is 18.2 Å². The fraction of sp³-hybridized carbons (Fsp3) is 0. The van der Waals surface area contributed by atoms with Crippen LogP contribution in [0.15, 0.2) is 182 Å². The standard InChI is InChI=1S/C49H30N4/c1-2-14-32(15-3-1)47-50-48(52-49(51-47)43-30-34-26-25-31-13-4-5-17-37(31)46(34)41-21-7-6-18-38(41)43)42-22-12-16-33-29-35(27-28-36(33)42)53-44-23-10-8-19-39(44)40-20-9-11-24-45(40)53/h1-30H. The summed E-state index contributed by atoms with van der Waals surface area (Å²) in [7, 11) is 0. The molecule has 0 fully saturated rings. The predicted molar refractivity (Wildman–Crippen MR) is 220 cm³/mol. The summed E-state index contributed by atoms with van der Waals surface area (Å²) >= 11 is 0. The highest BCUT2D eigenvalue weighted by molar-refractivity contribution is 6.23. The zero-order valence-corrected chi connectivity index (χ0v) is 28.6. The van der Waals surface area contributed by atoms with Crippen LogP contribution in [0.2, 0.25) is 0 Å². The van der Waals surface area contributed by atoms with Crippen LogP contribution < -0.4 is 0 Å². The predicted octanol–water partition coefficient (Wildman–Crippen LogP) is 12.6. The second-order valence-electron chi connectivity index (χ2n) is 13.6. The van der Waals surface area contributed by atoms with Crippen LogP contribution in [0.4, 0.5) is 0 Å². The molecule has 0 aliphatic carbocycles. The Morgan fingerprint density at radius 2 is 0.906 bits per heavy atom. The fourth-order valence-electron chi connectivity index (χ4n) is 8.20. The van der Waals surface area contributed by atoms with Gasteiger partial charge in [-0.1, -0.05) is 152 Å². The summed E-state index contributed by atoms with van der Waals surface area (Å²) in [5.74, 6) is 1.94. The molecule has 0 radical (unpaired) electrons. The number of hydrogen-bond acceptors (Lipinski definition) is 3. The van der Waals surface area contributed by atoms with E-state index in [9.17, 15) is 0 Å². The van der Waals surface area contributed by atoms with Gasteiger partial charge < -0.3 is 4.57 Å². The van der Waals surface area contributed by atoms with Crippen molar-refractivity contribution in [2.75, 3.05) is 0 Å². The molecule has 0 atom stereocenters. The van der Waals surface area contributed by atoms with Gasteiger partial charge in [-0.3, -0.25) is 0 Å². The largest absolute Gasteiger partial charge is 0.309 e. The molecule has 4 heteroatoms. The van der Waals surface area contributed by atoms with Crippen molar-refractivity contribution >= 4 is 64.9 Å². The number of rotatable bonds is 4. The van der Waals surface area contributed by atoms with Gasteiger partial charge in [0.05, 0.1) is 11.0 Å². The van der Waals surface area contributed by atoms with Gasteiger partial charge in [-0.15, -0.1) is 0 Å². The van der Waals surface area contributed by atoms with E-state index >= 15 is 0 Å². The maximum atomic E-state index is 5.30. The van der Waals surface area contributed by atoms with E-state index in [1.165, 1.54) is 43.4 Å². The molecule has 0 spiro atoms. The van der Waals surface area contributed by atoms with Gasteiger partial charge in [0.1, 0.15) is 0 Å². The van der Waals surface area contributed by atoms with Crippen molar-refractivity contribution in [3.8, 4) is 39.9 Å². The summed E-state index contributed by atoms with van der Waals surface area (Å²) in [6.45, 7) is 0. The van der Waals surface area contributed by atoms with Gasteiger partial charge in [0.2, 0.25) is 0 Å². The van der Waals surface area contributed by atoms with Gasteiger partial charge in [-0.2, -0.15) is 0 Å². The molecule has 53 heavy (non-hydrogen) atoms. The highest BCUT2D eigenvalue weighted by Gasteiger charge is 2.19.